The summed E-state index contributed by atoms with van der Waals surface area (Å²) in [5, 5.41) is 9.58. The number of carboxylic acids is 1. The van der Waals surface area contributed by atoms with Crippen molar-refractivity contribution in [3.63, 3.8) is 0 Å². The summed E-state index contributed by atoms with van der Waals surface area (Å²) in [4.78, 5) is 25.8. The van der Waals surface area contributed by atoms with Crippen molar-refractivity contribution in [2.75, 3.05) is 13.1 Å². The topological polar surface area (TPSA) is 122 Å². The van der Waals surface area contributed by atoms with Gasteiger partial charge in [0.25, 0.3) is 0 Å². The molecular weight excluding hydrogens is 508 g/mol. The highest BCUT2D eigenvalue weighted by Gasteiger charge is 2.27. The maximum absolute atomic E-state index is 12.6. The van der Waals surface area contributed by atoms with Gasteiger partial charge in [-0.05, 0) is 41.8 Å². The van der Waals surface area contributed by atoms with E-state index in [-0.39, 0.29) is 30.1 Å². The number of carboxylic acid groups (broad SMARTS) is 1. The van der Waals surface area contributed by atoms with Gasteiger partial charge in [0.15, 0.2) is 0 Å². The normalized spacial score (nSPS) is 15.0. The number of carbonyl (C=O) groups is 2. The first-order valence-electron chi connectivity index (χ1n) is 12.3. The van der Waals surface area contributed by atoms with E-state index in [1.165, 1.54) is 12.1 Å². The van der Waals surface area contributed by atoms with E-state index in [0.717, 1.165) is 5.56 Å². The van der Waals surface area contributed by atoms with E-state index in [9.17, 15) is 23.1 Å². The number of hydrogen-bond donors (Lipinski definition) is 2. The van der Waals surface area contributed by atoms with Crippen molar-refractivity contribution in [1.82, 2.24) is 9.62 Å². The molecule has 1 aliphatic heterocycles. The molecule has 1 saturated heterocycles. The Bertz CT molecular complexity index is 1310. The number of rotatable bonds is 10. The van der Waals surface area contributed by atoms with Gasteiger partial charge in [0.05, 0.1) is 4.90 Å². The number of carbonyl (C=O) groups excluding carboxylic acids is 1. The summed E-state index contributed by atoms with van der Waals surface area (Å²) in [7, 11) is -3.97. The molecule has 2 N–H and O–H groups in total. The lowest BCUT2D eigenvalue weighted by atomic mass is 10.1. The Morgan fingerprint density at radius 3 is 2.11 bits per heavy atom. The predicted molar refractivity (Wildman–Crippen MR) is 140 cm³/mol. The fraction of sp³-hybridized carbons (Fsp3) is 0.286. The summed E-state index contributed by atoms with van der Waals surface area (Å²) in [6.45, 7) is 1.29. The number of benzene rings is 3. The van der Waals surface area contributed by atoms with Crippen molar-refractivity contribution in [1.29, 1.82) is 0 Å². The van der Waals surface area contributed by atoms with E-state index in [4.69, 9.17) is 9.47 Å². The Labute approximate surface area is 222 Å². The molecule has 3 aromatic rings. The second-order valence-corrected chi connectivity index (χ2v) is 10.7. The van der Waals surface area contributed by atoms with Crippen LogP contribution in [0.1, 0.15) is 24.0 Å². The van der Waals surface area contributed by atoms with Crippen LogP contribution >= 0.6 is 0 Å². The molecule has 0 bridgehead atoms. The van der Waals surface area contributed by atoms with Crippen LogP contribution in [-0.2, 0) is 32.6 Å². The summed E-state index contributed by atoms with van der Waals surface area (Å²) in [5.74, 6) is -0.644. The molecule has 1 aliphatic rings. The smallest absolute Gasteiger partial charge is 0.410 e. The van der Waals surface area contributed by atoms with Crippen molar-refractivity contribution >= 4 is 22.1 Å². The Kier molecular flexibility index (Phi) is 8.98. The van der Waals surface area contributed by atoms with Crippen molar-refractivity contribution in [2.45, 2.75) is 42.9 Å². The molecule has 200 valence electrons. The fourth-order valence-corrected chi connectivity index (χ4v) is 5.34. The van der Waals surface area contributed by atoms with Crippen molar-refractivity contribution < 1.29 is 32.6 Å². The van der Waals surface area contributed by atoms with Gasteiger partial charge in [-0.2, -0.15) is 4.72 Å². The van der Waals surface area contributed by atoms with Crippen molar-refractivity contribution in [2.24, 2.45) is 0 Å². The zero-order valence-corrected chi connectivity index (χ0v) is 21.5. The van der Waals surface area contributed by atoms with Crippen LogP contribution in [0.25, 0.3) is 0 Å². The summed E-state index contributed by atoms with van der Waals surface area (Å²) >= 11 is 0. The Hall–Kier alpha value is -3.89. The molecule has 0 unspecified atom stereocenters. The number of aliphatic carboxylic acids is 1. The highest BCUT2D eigenvalue weighted by Crippen LogP contribution is 2.21. The molecule has 1 atom stereocenters. The van der Waals surface area contributed by atoms with Crippen LogP contribution in [0.2, 0.25) is 0 Å². The van der Waals surface area contributed by atoms with Gasteiger partial charge in [-0.3, -0.25) is 4.79 Å². The van der Waals surface area contributed by atoms with E-state index in [2.05, 4.69) is 4.72 Å². The Morgan fingerprint density at radius 1 is 0.895 bits per heavy atom. The van der Waals surface area contributed by atoms with E-state index < -0.39 is 22.0 Å². The molecule has 38 heavy (non-hydrogen) atoms. The molecule has 1 fully saturated rings. The fourth-order valence-electron chi connectivity index (χ4n) is 4.13. The average Bonchev–Trinajstić information content (AvgIpc) is 2.94. The van der Waals surface area contributed by atoms with Crippen molar-refractivity contribution in [3.8, 4) is 5.75 Å². The van der Waals surface area contributed by atoms with Gasteiger partial charge in [-0.1, -0.05) is 60.7 Å². The highest BCUT2D eigenvalue weighted by molar-refractivity contribution is 7.89. The number of ether oxygens (including phenoxy) is 2. The molecule has 4 rings (SSSR count). The molecule has 0 aliphatic carbocycles. The van der Waals surface area contributed by atoms with Crippen LogP contribution < -0.4 is 9.46 Å². The van der Waals surface area contributed by atoms with Crippen molar-refractivity contribution in [3.05, 3.63) is 96.1 Å². The van der Waals surface area contributed by atoms with Crippen LogP contribution in [0.5, 0.6) is 5.75 Å². The largest absolute Gasteiger partial charge is 0.490 e. The number of nitrogens with one attached hydrogen (secondary N) is 1. The number of sulfonamides is 1. The average molecular weight is 539 g/mol. The minimum atomic E-state index is -3.97. The van der Waals surface area contributed by atoms with Gasteiger partial charge in [0, 0.05) is 25.9 Å². The first-order chi connectivity index (χ1) is 18.3. The van der Waals surface area contributed by atoms with Gasteiger partial charge in [0.2, 0.25) is 10.0 Å². The van der Waals surface area contributed by atoms with Crippen LogP contribution in [-0.4, -0.2) is 55.7 Å². The SMILES string of the molecule is O=C(O)[C@H](Cc1ccc(OC2CCN(C(=O)OCc3ccccc3)CC2)cc1)NS(=O)(=O)c1ccccc1. The first-order valence-corrected chi connectivity index (χ1v) is 13.8. The number of likely N-dealkylation sites (tertiary alicyclic amines) is 1. The predicted octanol–water partition coefficient (Wildman–Crippen LogP) is 3.84. The third-order valence-electron chi connectivity index (χ3n) is 6.22. The van der Waals surface area contributed by atoms with Gasteiger partial charge in [0.1, 0.15) is 24.5 Å². The van der Waals surface area contributed by atoms with Gasteiger partial charge in [-0.15, -0.1) is 0 Å². The second-order valence-electron chi connectivity index (χ2n) is 9.02. The van der Waals surface area contributed by atoms with Crippen LogP contribution in [0.3, 0.4) is 0 Å². The minimum Gasteiger partial charge on any atom is -0.490 e. The molecular formula is C28H30N2O7S. The van der Waals surface area contributed by atoms with E-state index in [1.54, 1.807) is 47.4 Å². The first kappa shape index (κ1) is 27.2. The lowest BCUT2D eigenvalue weighted by Crippen LogP contribution is -2.42. The molecule has 1 heterocycles. The minimum absolute atomic E-state index is 0.00509. The number of piperidine rings is 1. The van der Waals surface area contributed by atoms with E-state index >= 15 is 0 Å². The van der Waals surface area contributed by atoms with Crippen LogP contribution in [0, 0.1) is 0 Å². The zero-order valence-electron chi connectivity index (χ0n) is 20.7. The summed E-state index contributed by atoms with van der Waals surface area (Å²) in [6.07, 6.45) is 0.885. The maximum atomic E-state index is 12.6. The molecule has 10 heteroatoms. The number of amides is 1. The molecule has 0 saturated carbocycles. The van der Waals surface area contributed by atoms with E-state index in [0.29, 0.717) is 37.2 Å². The third-order valence-corrected chi connectivity index (χ3v) is 7.71. The quantitative estimate of drug-likeness (QED) is 0.402. The lowest BCUT2D eigenvalue weighted by molar-refractivity contribution is -0.138. The number of nitrogens with zero attached hydrogens (tertiary/aromatic N) is 1. The molecule has 0 aromatic heterocycles. The molecule has 3 aromatic carbocycles. The van der Waals surface area contributed by atoms with Gasteiger partial charge in [-0.25, -0.2) is 13.2 Å². The van der Waals surface area contributed by atoms with Gasteiger partial charge < -0.3 is 19.5 Å². The van der Waals surface area contributed by atoms with Gasteiger partial charge >= 0.3 is 12.1 Å². The molecule has 0 spiro atoms. The molecule has 1 amide bonds. The third kappa shape index (κ3) is 7.56. The molecule has 9 nitrogen and oxygen atoms in total. The summed E-state index contributed by atoms with van der Waals surface area (Å²) in [5.41, 5.74) is 1.59. The van der Waals surface area contributed by atoms with Crippen LogP contribution in [0.4, 0.5) is 4.79 Å². The number of hydrogen-bond acceptors (Lipinski definition) is 6. The zero-order chi connectivity index (χ0) is 27.0. The van der Waals surface area contributed by atoms with E-state index in [1.807, 2.05) is 30.3 Å². The highest BCUT2D eigenvalue weighted by atomic mass is 32.2. The Balaban J connectivity index is 1.25. The maximum Gasteiger partial charge on any atom is 0.410 e. The summed E-state index contributed by atoms with van der Waals surface area (Å²) < 4.78 is 38.8. The monoisotopic (exact) mass is 538 g/mol. The lowest BCUT2D eigenvalue weighted by Gasteiger charge is -2.31. The second kappa shape index (κ2) is 12.6. The van der Waals surface area contributed by atoms with Crippen LogP contribution in [0.15, 0.2) is 89.8 Å². The molecule has 0 radical (unpaired) electrons. The Morgan fingerprint density at radius 2 is 1.50 bits per heavy atom. The summed E-state index contributed by atoms with van der Waals surface area (Å²) in [6, 6.07) is 22.8. The standard InChI is InChI=1S/C28H30N2O7S/c31-27(32)26(29-38(34,35)25-9-5-2-6-10-25)19-21-11-13-23(14-12-21)37-24-15-17-30(18-16-24)28(33)36-20-22-7-3-1-4-8-22/h1-14,24,26,29H,15-20H2,(H,31,32)/t26-/m0/s1.